The molecule has 8 heteroatoms. The summed E-state index contributed by atoms with van der Waals surface area (Å²) < 4.78 is 0. The van der Waals surface area contributed by atoms with Gasteiger partial charge in [0.05, 0.1) is 33.8 Å². The summed E-state index contributed by atoms with van der Waals surface area (Å²) in [5, 5.41) is 88.2. The van der Waals surface area contributed by atoms with E-state index in [1.807, 2.05) is 101 Å². The van der Waals surface area contributed by atoms with Gasteiger partial charge in [0.1, 0.15) is 23.0 Å². The van der Waals surface area contributed by atoms with Crippen LogP contribution in [0.25, 0.3) is 75.8 Å². The second-order valence-electron chi connectivity index (χ2n) is 17.3. The fourth-order valence-corrected chi connectivity index (χ4v) is 10.7. The number of allylic oxidation sites excluding steroid dienone is 2. The van der Waals surface area contributed by atoms with E-state index in [0.717, 1.165) is 81.7 Å². The van der Waals surface area contributed by atoms with Crippen molar-refractivity contribution in [3.8, 4) is 23.0 Å². The number of phenolic OH excluding ortho intramolecular Hbond substituents is 2. The Hall–Kier alpha value is -9.40. The number of rotatable bonds is 8. The molecule has 12 aromatic rings. The van der Waals surface area contributed by atoms with Crippen LogP contribution in [0.2, 0.25) is 0 Å². The van der Waals surface area contributed by atoms with Crippen LogP contribution >= 0.6 is 0 Å². The summed E-state index contributed by atoms with van der Waals surface area (Å²) in [6.45, 7) is 0. The first-order chi connectivity index (χ1) is 33.2. The summed E-state index contributed by atoms with van der Waals surface area (Å²) in [6, 6.07) is 61.9. The molecule has 0 atom stereocenters. The van der Waals surface area contributed by atoms with E-state index in [9.17, 15) is 30.6 Å². The number of aliphatic hydroxyl groups is 2. The minimum absolute atomic E-state index is 0.253. The molecule has 68 heavy (non-hydrogen) atoms. The van der Waals surface area contributed by atoms with Gasteiger partial charge in [0, 0.05) is 40.0 Å². The minimum atomic E-state index is -0.728. The van der Waals surface area contributed by atoms with E-state index in [1.165, 1.54) is 24.3 Å². The lowest BCUT2D eigenvalue weighted by Crippen LogP contribution is -2.17. The summed E-state index contributed by atoms with van der Waals surface area (Å²) in [4.78, 5) is 3.80. The van der Waals surface area contributed by atoms with Crippen molar-refractivity contribution in [1.29, 1.82) is 0 Å². The summed E-state index contributed by atoms with van der Waals surface area (Å²) >= 11 is 0. The van der Waals surface area contributed by atoms with Gasteiger partial charge in [0.25, 0.3) is 0 Å². The van der Waals surface area contributed by atoms with Crippen LogP contribution in [0.3, 0.4) is 0 Å². The SMILES string of the molecule is [O-]c1cc(N(c2ccccc2)c2ccc3ccc4cccc5ccc2c3c45)cc([O-])c1C1=C(O)C(c2c(O)cc(N(c3ccccc3)c3ccc4ccc5cccc6ccc3c4c56)cc2O)=C1O. The van der Waals surface area contributed by atoms with Crippen LogP contribution in [-0.4, -0.2) is 20.4 Å². The molecule has 1 aliphatic carbocycles. The van der Waals surface area contributed by atoms with Crippen LogP contribution in [0, 0.1) is 0 Å². The van der Waals surface area contributed by atoms with Crippen molar-refractivity contribution < 1.29 is 30.6 Å². The maximum absolute atomic E-state index is 14.3. The summed E-state index contributed by atoms with van der Waals surface area (Å²) in [6.07, 6.45) is 0. The Balaban J connectivity index is 0.897. The predicted molar refractivity (Wildman–Crippen MR) is 271 cm³/mol. The zero-order chi connectivity index (χ0) is 45.9. The fraction of sp³-hybridized carbons (Fsp3) is 0. The van der Waals surface area contributed by atoms with Crippen molar-refractivity contribution in [3.05, 3.63) is 217 Å². The largest absolute Gasteiger partial charge is 0.872 e. The number of hydrogen-bond donors (Lipinski definition) is 4. The van der Waals surface area contributed by atoms with Crippen LogP contribution in [0.1, 0.15) is 11.1 Å². The lowest BCUT2D eigenvalue weighted by atomic mass is 9.83. The van der Waals surface area contributed by atoms with E-state index >= 15 is 0 Å². The third-order valence-electron chi connectivity index (χ3n) is 13.6. The lowest BCUT2D eigenvalue weighted by molar-refractivity contribution is -0.280. The summed E-state index contributed by atoms with van der Waals surface area (Å²) in [5.74, 6) is -3.57. The van der Waals surface area contributed by atoms with Crippen LogP contribution in [-0.2, 0) is 0 Å². The minimum Gasteiger partial charge on any atom is -0.872 e. The molecule has 0 saturated heterocycles. The van der Waals surface area contributed by atoms with Crippen LogP contribution < -0.4 is 20.0 Å². The quantitative estimate of drug-likeness (QED) is 0.111. The topological polar surface area (TPSA) is 134 Å². The van der Waals surface area contributed by atoms with Gasteiger partial charge >= 0.3 is 0 Å². The molecule has 1 aliphatic rings. The van der Waals surface area contributed by atoms with Gasteiger partial charge in [0.15, 0.2) is 0 Å². The first-order valence-electron chi connectivity index (χ1n) is 22.2. The van der Waals surface area contributed by atoms with Crippen molar-refractivity contribution in [2.75, 3.05) is 9.80 Å². The maximum Gasteiger partial charge on any atom is 0.138 e. The molecule has 0 bridgehead atoms. The lowest BCUT2D eigenvalue weighted by Gasteiger charge is -2.34. The molecular weight excluding hydrogens is 845 g/mol. The predicted octanol–water partition coefficient (Wildman–Crippen LogP) is 14.2. The molecule has 8 nitrogen and oxygen atoms in total. The molecule has 0 radical (unpaired) electrons. The molecule has 13 rings (SSSR count). The number of phenols is 2. The number of aromatic hydroxyl groups is 2. The van der Waals surface area contributed by atoms with Gasteiger partial charge < -0.3 is 40.4 Å². The van der Waals surface area contributed by atoms with E-state index in [2.05, 4.69) is 78.9 Å². The van der Waals surface area contributed by atoms with Crippen molar-refractivity contribution >= 4 is 110 Å². The summed E-state index contributed by atoms with van der Waals surface area (Å²) in [7, 11) is 0. The molecule has 0 spiro atoms. The van der Waals surface area contributed by atoms with Gasteiger partial charge in [0.2, 0.25) is 0 Å². The van der Waals surface area contributed by atoms with E-state index < -0.39 is 40.1 Å². The van der Waals surface area contributed by atoms with E-state index in [-0.39, 0.29) is 16.7 Å². The molecule has 0 unspecified atom stereocenters. The maximum atomic E-state index is 14.3. The Morgan fingerprint density at radius 2 is 0.662 bits per heavy atom. The molecule has 0 fully saturated rings. The first kappa shape index (κ1) is 39.0. The van der Waals surface area contributed by atoms with Gasteiger partial charge in [-0.25, -0.2) is 0 Å². The Morgan fingerprint density at radius 1 is 0.309 bits per heavy atom. The molecule has 0 saturated carbocycles. The monoisotopic (exact) mass is 880 g/mol. The van der Waals surface area contributed by atoms with Gasteiger partial charge in [-0.05, 0) is 108 Å². The normalized spacial score (nSPS) is 12.9. The third kappa shape index (κ3) is 5.61. The number of aliphatic hydroxyl groups excluding tert-OH is 2. The second-order valence-corrected chi connectivity index (χ2v) is 17.3. The highest BCUT2D eigenvalue weighted by molar-refractivity contribution is 6.27. The highest BCUT2D eigenvalue weighted by atomic mass is 16.3. The Kier molecular flexibility index (Phi) is 8.35. The number of para-hydroxylation sites is 2. The zero-order valence-electron chi connectivity index (χ0n) is 36.0. The van der Waals surface area contributed by atoms with Crippen molar-refractivity contribution in [2.45, 2.75) is 0 Å². The first-order valence-corrected chi connectivity index (χ1v) is 22.2. The van der Waals surface area contributed by atoms with Crippen molar-refractivity contribution in [1.82, 2.24) is 0 Å². The Bertz CT molecular complexity index is 3750. The number of benzene rings is 12. The van der Waals surface area contributed by atoms with Crippen LogP contribution in [0.5, 0.6) is 23.0 Å². The standard InChI is InChI=1S/C60H38N2O6/c63-47-29-41(61(39-13-3-1-4-14-39)45-27-23-37-19-17-33-9-7-11-35-21-25-43(45)53(37)51(33)35)30-48(64)55(47)57-59(67)58(60(57)68)56-49(65)31-42(32-50(56)66)62(40-15-5-2-6-16-40)46-28-24-38-20-18-34-10-8-12-36-22-26-44(46)54(38)52(34)36/h1-32,63-68H/p-2. The number of anilines is 6. The molecule has 0 aliphatic heterocycles. The smallest absolute Gasteiger partial charge is 0.138 e. The van der Waals surface area contributed by atoms with Gasteiger partial charge in [-0.3, -0.25) is 0 Å². The van der Waals surface area contributed by atoms with Crippen molar-refractivity contribution in [2.24, 2.45) is 0 Å². The van der Waals surface area contributed by atoms with E-state index in [4.69, 9.17) is 0 Å². The van der Waals surface area contributed by atoms with Crippen molar-refractivity contribution in [3.63, 3.8) is 0 Å². The number of nitrogens with zero attached hydrogens (tertiary/aromatic N) is 2. The molecule has 0 amide bonds. The zero-order valence-corrected chi connectivity index (χ0v) is 36.0. The highest BCUT2D eigenvalue weighted by Gasteiger charge is 2.36. The average molecular weight is 881 g/mol. The van der Waals surface area contributed by atoms with Crippen LogP contribution in [0.15, 0.2) is 206 Å². The Labute approximate surface area is 388 Å². The van der Waals surface area contributed by atoms with E-state index in [0.29, 0.717) is 17.1 Å². The van der Waals surface area contributed by atoms with Gasteiger partial charge in [-0.1, -0.05) is 145 Å². The third-order valence-corrected chi connectivity index (χ3v) is 13.6. The van der Waals surface area contributed by atoms with Gasteiger partial charge in [-0.2, -0.15) is 0 Å². The highest BCUT2D eigenvalue weighted by Crippen LogP contribution is 2.55. The molecule has 0 aromatic heterocycles. The molecular formula is C60H36N2O6-2. The molecule has 12 aromatic carbocycles. The average Bonchev–Trinajstić information content (AvgIpc) is 3.36. The fourth-order valence-electron chi connectivity index (χ4n) is 10.7. The van der Waals surface area contributed by atoms with Gasteiger partial charge in [-0.15, -0.1) is 0 Å². The molecule has 324 valence electrons. The second kappa shape index (κ2) is 14.6. The van der Waals surface area contributed by atoms with Crippen LogP contribution in [0.4, 0.5) is 34.1 Å². The molecule has 4 N–H and O–H groups in total. The number of hydrogen-bond acceptors (Lipinski definition) is 8. The van der Waals surface area contributed by atoms with E-state index in [1.54, 1.807) is 0 Å². The Morgan fingerprint density at radius 3 is 1.09 bits per heavy atom. The summed E-state index contributed by atoms with van der Waals surface area (Å²) in [5.41, 5.74) is 2.37. The molecule has 0 heterocycles.